The first kappa shape index (κ1) is 13.3. The van der Waals surface area contributed by atoms with Crippen molar-refractivity contribution in [2.45, 2.75) is 57.6 Å². The van der Waals surface area contributed by atoms with E-state index in [9.17, 15) is 0 Å². The summed E-state index contributed by atoms with van der Waals surface area (Å²) in [6.07, 6.45) is 6.04. The monoisotopic (exact) mass is 279 g/mol. The van der Waals surface area contributed by atoms with E-state index >= 15 is 0 Å². The van der Waals surface area contributed by atoms with E-state index in [-0.39, 0.29) is 5.60 Å². The third-order valence-corrected chi connectivity index (χ3v) is 4.94. The molecular weight excluding hydrogens is 258 g/mol. The second kappa shape index (κ2) is 4.99. The molecule has 1 heterocycles. The number of hydrogen-bond donors (Lipinski definition) is 1. The largest absolute Gasteiger partial charge is 0.487 e. The average Bonchev–Trinajstić information content (AvgIpc) is 2.80. The molecule has 2 aliphatic rings. The van der Waals surface area contributed by atoms with Gasteiger partial charge < -0.3 is 10.1 Å². The Hall–Kier alpha value is -0.730. The van der Waals surface area contributed by atoms with Crippen LogP contribution in [-0.2, 0) is 0 Å². The molecule has 0 radical (unpaired) electrons. The lowest BCUT2D eigenvalue weighted by molar-refractivity contribution is 0.0370. The van der Waals surface area contributed by atoms with E-state index in [4.69, 9.17) is 16.3 Å². The van der Waals surface area contributed by atoms with Crippen LogP contribution in [0.4, 0.5) is 0 Å². The summed E-state index contributed by atoms with van der Waals surface area (Å²) in [6.45, 7) is 5.18. The van der Waals surface area contributed by atoms with Crippen LogP contribution in [0.15, 0.2) is 12.1 Å². The number of halogens is 1. The Morgan fingerprint density at radius 1 is 1.37 bits per heavy atom. The minimum Gasteiger partial charge on any atom is -0.487 e. The maximum Gasteiger partial charge on any atom is 0.125 e. The molecular formula is C16H22ClNO. The number of benzene rings is 1. The van der Waals surface area contributed by atoms with Gasteiger partial charge in [-0.25, -0.2) is 0 Å². The molecule has 1 aliphatic carbocycles. The Morgan fingerprint density at radius 3 is 2.79 bits per heavy atom. The van der Waals surface area contributed by atoms with E-state index < -0.39 is 0 Å². The minimum atomic E-state index is 0.0695. The van der Waals surface area contributed by atoms with Crippen molar-refractivity contribution in [3.05, 3.63) is 28.3 Å². The maximum atomic E-state index is 6.39. The van der Waals surface area contributed by atoms with Gasteiger partial charge in [0.2, 0.25) is 0 Å². The SMILES string of the molecule is CCNC1CC2(CCCC2)Oc2cc(C)c(Cl)cc21. The molecule has 1 aromatic rings. The topological polar surface area (TPSA) is 21.3 Å². The summed E-state index contributed by atoms with van der Waals surface area (Å²) in [4.78, 5) is 0. The summed E-state index contributed by atoms with van der Waals surface area (Å²) >= 11 is 6.28. The van der Waals surface area contributed by atoms with Crippen molar-refractivity contribution < 1.29 is 4.74 Å². The second-order valence-corrected chi connectivity index (χ2v) is 6.35. The van der Waals surface area contributed by atoms with Crippen molar-refractivity contribution >= 4 is 11.6 Å². The molecule has 0 bridgehead atoms. The molecule has 19 heavy (non-hydrogen) atoms. The Kier molecular flexibility index (Phi) is 3.48. The first-order valence-electron chi connectivity index (χ1n) is 7.36. The summed E-state index contributed by atoms with van der Waals surface area (Å²) in [6, 6.07) is 4.58. The van der Waals surface area contributed by atoms with E-state index in [0.29, 0.717) is 6.04 Å². The van der Waals surface area contributed by atoms with Crippen LogP contribution in [0.2, 0.25) is 5.02 Å². The Bertz CT molecular complexity index is 480. The lowest BCUT2D eigenvalue weighted by Gasteiger charge is -2.40. The molecule has 1 fully saturated rings. The van der Waals surface area contributed by atoms with E-state index in [0.717, 1.165) is 29.3 Å². The fourth-order valence-electron chi connectivity index (χ4n) is 3.54. The molecule has 1 N–H and O–H groups in total. The summed E-state index contributed by atoms with van der Waals surface area (Å²) in [7, 11) is 0. The van der Waals surface area contributed by atoms with Crippen LogP contribution >= 0.6 is 11.6 Å². The number of nitrogens with one attached hydrogen (secondary N) is 1. The van der Waals surface area contributed by atoms with Crippen molar-refractivity contribution in [2.75, 3.05) is 6.54 Å². The maximum absolute atomic E-state index is 6.39. The van der Waals surface area contributed by atoms with Gasteiger partial charge in [0.15, 0.2) is 0 Å². The predicted molar refractivity (Wildman–Crippen MR) is 79.1 cm³/mol. The summed E-state index contributed by atoms with van der Waals surface area (Å²) in [5, 5.41) is 4.44. The van der Waals surface area contributed by atoms with Crippen molar-refractivity contribution in [3.63, 3.8) is 0 Å². The Labute approximate surface area is 120 Å². The van der Waals surface area contributed by atoms with E-state index in [2.05, 4.69) is 24.4 Å². The summed E-state index contributed by atoms with van der Waals surface area (Å²) in [5.41, 5.74) is 2.40. The van der Waals surface area contributed by atoms with Gasteiger partial charge in [-0.05, 0) is 56.8 Å². The summed E-state index contributed by atoms with van der Waals surface area (Å²) in [5.74, 6) is 1.04. The van der Waals surface area contributed by atoms with Crippen LogP contribution in [-0.4, -0.2) is 12.1 Å². The minimum absolute atomic E-state index is 0.0695. The molecule has 0 aromatic heterocycles. The fraction of sp³-hybridized carbons (Fsp3) is 0.625. The number of hydrogen-bond acceptors (Lipinski definition) is 2. The molecule has 3 rings (SSSR count). The average molecular weight is 280 g/mol. The third kappa shape index (κ3) is 2.36. The Balaban J connectivity index is 2.01. The van der Waals surface area contributed by atoms with Crippen molar-refractivity contribution in [2.24, 2.45) is 0 Å². The molecule has 3 heteroatoms. The third-order valence-electron chi connectivity index (χ3n) is 4.53. The predicted octanol–water partition coefficient (Wildman–Crippen LogP) is 4.39. The molecule has 1 saturated carbocycles. The number of ether oxygens (including phenoxy) is 1. The van der Waals surface area contributed by atoms with E-state index in [1.165, 1.54) is 31.2 Å². The molecule has 1 unspecified atom stereocenters. The molecule has 1 aromatic carbocycles. The smallest absolute Gasteiger partial charge is 0.125 e. The Morgan fingerprint density at radius 2 is 2.11 bits per heavy atom. The van der Waals surface area contributed by atoms with Crippen LogP contribution in [0.25, 0.3) is 0 Å². The zero-order valence-corrected chi connectivity index (χ0v) is 12.5. The van der Waals surface area contributed by atoms with E-state index in [1.54, 1.807) is 0 Å². The van der Waals surface area contributed by atoms with Gasteiger partial charge in [-0.3, -0.25) is 0 Å². The number of fused-ring (bicyclic) bond motifs is 1. The zero-order valence-electron chi connectivity index (χ0n) is 11.8. The van der Waals surface area contributed by atoms with Crippen LogP contribution in [0.1, 0.15) is 56.2 Å². The summed E-state index contributed by atoms with van der Waals surface area (Å²) < 4.78 is 6.39. The molecule has 1 aliphatic heterocycles. The van der Waals surface area contributed by atoms with Gasteiger partial charge in [0.25, 0.3) is 0 Å². The van der Waals surface area contributed by atoms with Gasteiger partial charge in [0.05, 0.1) is 0 Å². The van der Waals surface area contributed by atoms with Gasteiger partial charge in [0, 0.05) is 23.0 Å². The molecule has 104 valence electrons. The quantitative estimate of drug-likeness (QED) is 0.867. The van der Waals surface area contributed by atoms with Gasteiger partial charge in [-0.15, -0.1) is 0 Å². The van der Waals surface area contributed by atoms with Crippen molar-refractivity contribution in [1.82, 2.24) is 5.32 Å². The highest BCUT2D eigenvalue weighted by Crippen LogP contribution is 2.48. The van der Waals surface area contributed by atoms with Crippen LogP contribution < -0.4 is 10.1 Å². The molecule has 1 spiro atoms. The van der Waals surface area contributed by atoms with Gasteiger partial charge in [-0.1, -0.05) is 18.5 Å². The van der Waals surface area contributed by atoms with Gasteiger partial charge >= 0.3 is 0 Å². The van der Waals surface area contributed by atoms with Crippen LogP contribution in [0, 0.1) is 6.92 Å². The van der Waals surface area contributed by atoms with Gasteiger partial charge in [0.1, 0.15) is 11.4 Å². The lowest BCUT2D eigenvalue weighted by Crippen LogP contribution is -2.42. The standard InChI is InChI=1S/C16H22ClNO/c1-3-18-14-10-16(6-4-5-7-16)19-15-8-11(2)13(17)9-12(14)15/h8-9,14,18H,3-7,10H2,1-2H3. The van der Waals surface area contributed by atoms with Gasteiger partial charge in [-0.2, -0.15) is 0 Å². The highest BCUT2D eigenvalue weighted by Gasteiger charge is 2.42. The zero-order chi connectivity index (χ0) is 13.5. The van der Waals surface area contributed by atoms with Crippen LogP contribution in [0.5, 0.6) is 5.75 Å². The molecule has 0 amide bonds. The number of aryl methyl sites for hydroxylation is 1. The normalized spacial score (nSPS) is 24.3. The first-order chi connectivity index (χ1) is 9.13. The van der Waals surface area contributed by atoms with Crippen molar-refractivity contribution in [3.8, 4) is 5.75 Å². The second-order valence-electron chi connectivity index (χ2n) is 5.95. The molecule has 0 saturated heterocycles. The highest BCUT2D eigenvalue weighted by molar-refractivity contribution is 6.31. The molecule has 1 atom stereocenters. The van der Waals surface area contributed by atoms with E-state index in [1.807, 2.05) is 6.92 Å². The van der Waals surface area contributed by atoms with Crippen LogP contribution in [0.3, 0.4) is 0 Å². The first-order valence-corrected chi connectivity index (χ1v) is 7.74. The molecule has 2 nitrogen and oxygen atoms in total. The fourth-order valence-corrected chi connectivity index (χ4v) is 3.71. The lowest BCUT2D eigenvalue weighted by atomic mass is 9.85. The van der Waals surface area contributed by atoms with Crippen molar-refractivity contribution in [1.29, 1.82) is 0 Å². The highest BCUT2D eigenvalue weighted by atomic mass is 35.5. The number of rotatable bonds is 2.